The molecule has 0 aliphatic carbocycles. The summed E-state index contributed by atoms with van der Waals surface area (Å²) in [5.41, 5.74) is 5.49. The van der Waals surface area contributed by atoms with Crippen LogP contribution < -0.4 is 4.90 Å². The first-order chi connectivity index (χ1) is 13.8. The Balaban J connectivity index is 1.64. The third kappa shape index (κ3) is 4.39. The minimum absolute atomic E-state index is 0.0934. The number of Topliss-reactive ketones (excluding diaryl/α,β-unsaturated/α-hetero) is 1. The molecule has 1 saturated heterocycles. The molecule has 29 heavy (non-hydrogen) atoms. The Morgan fingerprint density at radius 3 is 2.48 bits per heavy atom. The van der Waals surface area contributed by atoms with Crippen molar-refractivity contribution in [2.24, 2.45) is 5.92 Å². The molecule has 0 spiro atoms. The predicted molar refractivity (Wildman–Crippen MR) is 112 cm³/mol. The molecule has 2 aromatic rings. The molecule has 3 rings (SSSR count). The molecule has 5 heteroatoms. The van der Waals surface area contributed by atoms with Crippen LogP contribution in [0.5, 0.6) is 0 Å². The van der Waals surface area contributed by atoms with Gasteiger partial charge in [-0.1, -0.05) is 31.2 Å². The van der Waals surface area contributed by atoms with Crippen LogP contribution >= 0.6 is 0 Å². The normalized spacial score (nSPS) is 16.2. The molecule has 1 fully saturated rings. The van der Waals surface area contributed by atoms with Gasteiger partial charge in [-0.15, -0.1) is 0 Å². The lowest BCUT2D eigenvalue weighted by Crippen LogP contribution is -2.28. The van der Waals surface area contributed by atoms with E-state index in [0.717, 1.165) is 34.4 Å². The second-order valence-electron chi connectivity index (χ2n) is 7.67. The van der Waals surface area contributed by atoms with Crippen molar-refractivity contribution < 1.29 is 19.1 Å². The standard InChI is InChI=1S/C24H27NO4/c1-5-18-8-6-7-9-21(18)25-13-19(12-23(25)27)24(28)29-14-22(26)20-11-16(3)15(2)10-17(20)4/h6-11,19H,5,12-14H2,1-4H3/t19-/m0/s1. The highest BCUT2D eigenvalue weighted by molar-refractivity contribution is 6.01. The lowest BCUT2D eigenvalue weighted by atomic mass is 9.98. The summed E-state index contributed by atoms with van der Waals surface area (Å²) >= 11 is 0. The number of ether oxygens (including phenoxy) is 1. The molecule has 0 N–H and O–H groups in total. The Kier molecular flexibility index (Phi) is 6.16. The highest BCUT2D eigenvalue weighted by atomic mass is 16.5. The van der Waals surface area contributed by atoms with E-state index in [0.29, 0.717) is 5.56 Å². The predicted octanol–water partition coefficient (Wildman–Crippen LogP) is 3.95. The second kappa shape index (κ2) is 8.60. The van der Waals surface area contributed by atoms with Crippen molar-refractivity contribution in [3.8, 4) is 0 Å². The van der Waals surface area contributed by atoms with Gasteiger partial charge in [0.2, 0.25) is 11.7 Å². The van der Waals surface area contributed by atoms with Crippen molar-refractivity contribution in [3.05, 3.63) is 64.2 Å². The van der Waals surface area contributed by atoms with E-state index < -0.39 is 11.9 Å². The van der Waals surface area contributed by atoms with E-state index in [1.54, 1.807) is 4.90 Å². The van der Waals surface area contributed by atoms with Crippen LogP contribution in [0.25, 0.3) is 0 Å². The van der Waals surface area contributed by atoms with Gasteiger partial charge in [0.1, 0.15) is 0 Å². The highest BCUT2D eigenvalue weighted by Gasteiger charge is 2.37. The Morgan fingerprint density at radius 2 is 1.76 bits per heavy atom. The molecule has 152 valence electrons. The summed E-state index contributed by atoms with van der Waals surface area (Å²) < 4.78 is 5.29. The van der Waals surface area contributed by atoms with Crippen LogP contribution in [0, 0.1) is 26.7 Å². The Labute approximate surface area is 171 Å². The van der Waals surface area contributed by atoms with Crippen LogP contribution in [0.3, 0.4) is 0 Å². The van der Waals surface area contributed by atoms with Crippen LogP contribution in [-0.4, -0.2) is 30.8 Å². The van der Waals surface area contributed by atoms with Crippen LogP contribution in [0.1, 0.15) is 46.0 Å². The maximum Gasteiger partial charge on any atom is 0.311 e. The van der Waals surface area contributed by atoms with Crippen molar-refractivity contribution in [1.29, 1.82) is 0 Å². The number of carbonyl (C=O) groups is 3. The second-order valence-corrected chi connectivity index (χ2v) is 7.67. The summed E-state index contributed by atoms with van der Waals surface area (Å²) in [6.07, 6.45) is 0.909. The van der Waals surface area contributed by atoms with E-state index in [1.807, 2.05) is 64.1 Å². The number of esters is 1. The van der Waals surface area contributed by atoms with Gasteiger partial charge in [0.25, 0.3) is 0 Å². The molecular weight excluding hydrogens is 366 g/mol. The number of nitrogens with zero attached hydrogens (tertiary/aromatic N) is 1. The number of benzene rings is 2. The van der Waals surface area contributed by atoms with Gasteiger partial charge >= 0.3 is 5.97 Å². The SMILES string of the molecule is CCc1ccccc1N1C[C@@H](C(=O)OCC(=O)c2cc(C)c(C)cc2C)CC1=O. The zero-order valence-corrected chi connectivity index (χ0v) is 17.5. The van der Waals surface area contributed by atoms with Gasteiger partial charge < -0.3 is 9.64 Å². The Bertz CT molecular complexity index is 963. The zero-order valence-electron chi connectivity index (χ0n) is 17.5. The number of anilines is 1. The van der Waals surface area contributed by atoms with Gasteiger partial charge in [0, 0.05) is 24.2 Å². The Hall–Kier alpha value is -2.95. The number of carbonyl (C=O) groups excluding carboxylic acids is 3. The maximum atomic E-state index is 12.5. The van der Waals surface area contributed by atoms with Crippen LogP contribution in [0.4, 0.5) is 5.69 Å². The number of hydrogen-bond acceptors (Lipinski definition) is 4. The molecule has 1 heterocycles. The minimum Gasteiger partial charge on any atom is -0.457 e. The first-order valence-corrected chi connectivity index (χ1v) is 9.97. The molecule has 0 radical (unpaired) electrons. The molecular formula is C24H27NO4. The molecule has 1 aliphatic heterocycles. The smallest absolute Gasteiger partial charge is 0.311 e. The number of ketones is 1. The van der Waals surface area contributed by atoms with E-state index in [-0.39, 0.29) is 31.3 Å². The quantitative estimate of drug-likeness (QED) is 0.551. The summed E-state index contributed by atoms with van der Waals surface area (Å²) in [5.74, 6) is -1.37. The summed E-state index contributed by atoms with van der Waals surface area (Å²) in [4.78, 5) is 39.2. The van der Waals surface area contributed by atoms with E-state index in [4.69, 9.17) is 4.74 Å². The van der Waals surface area contributed by atoms with Crippen molar-refractivity contribution in [1.82, 2.24) is 0 Å². The average Bonchev–Trinajstić information content (AvgIpc) is 3.10. The van der Waals surface area contributed by atoms with Gasteiger partial charge in [-0.05, 0) is 61.6 Å². The molecule has 0 unspecified atom stereocenters. The van der Waals surface area contributed by atoms with Crippen molar-refractivity contribution >= 4 is 23.3 Å². The van der Waals surface area contributed by atoms with Gasteiger partial charge in [-0.25, -0.2) is 0 Å². The van der Waals surface area contributed by atoms with Gasteiger partial charge in [0.15, 0.2) is 6.61 Å². The van der Waals surface area contributed by atoms with E-state index >= 15 is 0 Å². The van der Waals surface area contributed by atoms with Crippen molar-refractivity contribution in [2.45, 2.75) is 40.5 Å². The fraction of sp³-hybridized carbons (Fsp3) is 0.375. The van der Waals surface area contributed by atoms with Crippen LogP contribution in [-0.2, 0) is 20.7 Å². The number of rotatable bonds is 6. The summed E-state index contributed by atoms with van der Waals surface area (Å²) in [5, 5.41) is 0. The van der Waals surface area contributed by atoms with Gasteiger partial charge in [-0.2, -0.15) is 0 Å². The first-order valence-electron chi connectivity index (χ1n) is 9.97. The molecule has 0 aromatic heterocycles. The lowest BCUT2D eigenvalue weighted by molar-refractivity contribution is -0.147. The third-order valence-electron chi connectivity index (χ3n) is 5.61. The van der Waals surface area contributed by atoms with E-state index in [2.05, 4.69) is 0 Å². The fourth-order valence-corrected chi connectivity index (χ4v) is 3.76. The van der Waals surface area contributed by atoms with Crippen LogP contribution in [0.2, 0.25) is 0 Å². The molecule has 1 aliphatic rings. The highest BCUT2D eigenvalue weighted by Crippen LogP contribution is 2.29. The van der Waals surface area contributed by atoms with Crippen molar-refractivity contribution in [2.75, 3.05) is 18.1 Å². The fourth-order valence-electron chi connectivity index (χ4n) is 3.76. The molecule has 0 saturated carbocycles. The summed E-state index contributed by atoms with van der Waals surface area (Å²) in [6, 6.07) is 11.5. The Morgan fingerprint density at radius 1 is 1.07 bits per heavy atom. The van der Waals surface area contributed by atoms with Gasteiger partial charge in [-0.3, -0.25) is 14.4 Å². The minimum atomic E-state index is -0.555. The molecule has 0 bridgehead atoms. The number of aryl methyl sites for hydroxylation is 4. The number of hydrogen-bond donors (Lipinski definition) is 0. The summed E-state index contributed by atoms with van der Waals surface area (Å²) in [6.45, 7) is 7.83. The summed E-state index contributed by atoms with van der Waals surface area (Å²) in [7, 11) is 0. The number of para-hydroxylation sites is 1. The first kappa shape index (κ1) is 20.8. The van der Waals surface area contributed by atoms with Gasteiger partial charge in [0.05, 0.1) is 5.92 Å². The monoisotopic (exact) mass is 393 g/mol. The topological polar surface area (TPSA) is 63.7 Å². The maximum absolute atomic E-state index is 12.5. The largest absolute Gasteiger partial charge is 0.457 e. The van der Waals surface area contributed by atoms with Crippen molar-refractivity contribution in [3.63, 3.8) is 0 Å². The third-order valence-corrected chi connectivity index (χ3v) is 5.61. The molecule has 2 aromatic carbocycles. The average molecular weight is 393 g/mol. The lowest BCUT2D eigenvalue weighted by Gasteiger charge is -2.19. The molecule has 1 amide bonds. The zero-order chi connectivity index (χ0) is 21.1. The van der Waals surface area contributed by atoms with E-state index in [9.17, 15) is 14.4 Å². The molecule has 5 nitrogen and oxygen atoms in total. The van der Waals surface area contributed by atoms with E-state index in [1.165, 1.54) is 0 Å². The number of amides is 1. The van der Waals surface area contributed by atoms with Crippen LogP contribution in [0.15, 0.2) is 36.4 Å². The molecule has 1 atom stereocenters.